The zero-order chi connectivity index (χ0) is 47.5. The van der Waals surface area contributed by atoms with Crippen LogP contribution in [0.5, 0.6) is 23.0 Å². The Labute approximate surface area is 395 Å². The molecule has 0 spiro atoms. The fraction of sp³-hybridized carbons (Fsp3) is 0.593. The number of aromatic hydroxyl groups is 2. The minimum absolute atomic E-state index is 0.227. The summed E-state index contributed by atoms with van der Waals surface area (Å²) in [6.45, 7) is 26.8. The molecule has 0 saturated heterocycles. The van der Waals surface area contributed by atoms with Crippen LogP contribution >= 0.6 is 0 Å². The molecular weight excluding hydrogens is 805 g/mol. The Bertz CT molecular complexity index is 1720. The highest BCUT2D eigenvalue weighted by atomic mass is 16.7. The third kappa shape index (κ3) is 17.3. The van der Waals surface area contributed by atoms with Gasteiger partial charge in [-0.05, 0) is 203 Å². The summed E-state index contributed by atoms with van der Waals surface area (Å²) in [6.07, 6.45) is 14.2. The highest BCUT2D eigenvalue weighted by Crippen LogP contribution is 2.49. The summed E-state index contributed by atoms with van der Waals surface area (Å²) in [6, 6.07) is 31.9. The van der Waals surface area contributed by atoms with Crippen LogP contribution in [-0.4, -0.2) is 35.0 Å². The van der Waals surface area contributed by atoms with Gasteiger partial charge in [-0.15, -0.1) is 0 Å². The Hall–Kier alpha value is -4.00. The van der Waals surface area contributed by atoms with Gasteiger partial charge in [-0.2, -0.15) is 0 Å². The largest absolute Gasteiger partial charge is 0.508 e. The van der Waals surface area contributed by atoms with E-state index < -0.39 is 0 Å². The maximum Gasteiger partial charge on any atom is 0.197 e. The molecule has 2 saturated carbocycles. The van der Waals surface area contributed by atoms with Gasteiger partial charge in [0.25, 0.3) is 0 Å². The Morgan fingerprint density at radius 2 is 0.662 bits per heavy atom. The van der Waals surface area contributed by atoms with Crippen molar-refractivity contribution in [3.05, 3.63) is 119 Å². The number of hydrogen-bond acceptors (Lipinski definition) is 6. The van der Waals surface area contributed by atoms with E-state index in [0.29, 0.717) is 52.8 Å². The van der Waals surface area contributed by atoms with E-state index >= 15 is 0 Å². The van der Waals surface area contributed by atoms with Crippen LogP contribution in [-0.2, 0) is 9.47 Å². The van der Waals surface area contributed by atoms with Gasteiger partial charge in [0.15, 0.2) is 12.6 Å². The predicted molar refractivity (Wildman–Crippen MR) is 272 cm³/mol. The Balaban J connectivity index is 0.000000340. The normalized spacial score (nSPS) is 21.5. The van der Waals surface area contributed by atoms with Gasteiger partial charge in [0, 0.05) is 0 Å². The smallest absolute Gasteiger partial charge is 0.197 e. The summed E-state index contributed by atoms with van der Waals surface area (Å²) in [5.74, 6) is 6.32. The number of ether oxygens (including phenoxy) is 4. The molecule has 6 atom stereocenters. The van der Waals surface area contributed by atoms with Gasteiger partial charge < -0.3 is 29.2 Å². The topological polar surface area (TPSA) is 77.4 Å². The van der Waals surface area contributed by atoms with Gasteiger partial charge in [-0.3, -0.25) is 0 Å². The number of phenols is 2. The van der Waals surface area contributed by atoms with Crippen molar-refractivity contribution in [3.8, 4) is 23.0 Å². The average Bonchev–Trinajstić information content (AvgIpc) is 3.32. The molecule has 65 heavy (non-hydrogen) atoms. The maximum absolute atomic E-state index is 9.01. The molecule has 0 heterocycles. The van der Waals surface area contributed by atoms with Crippen molar-refractivity contribution < 1.29 is 29.2 Å². The molecule has 0 aliphatic heterocycles. The Morgan fingerprint density at radius 3 is 0.908 bits per heavy atom. The van der Waals surface area contributed by atoms with Crippen molar-refractivity contribution in [2.24, 2.45) is 17.3 Å². The van der Waals surface area contributed by atoms with Crippen LogP contribution in [0.4, 0.5) is 0 Å². The average molecular weight is 893 g/mol. The van der Waals surface area contributed by atoms with Gasteiger partial charge in [0.2, 0.25) is 0 Å². The van der Waals surface area contributed by atoms with Gasteiger partial charge in [-0.25, -0.2) is 0 Å². The molecule has 6 rings (SSSR count). The Kier molecular flexibility index (Phi) is 22.2. The zero-order valence-corrected chi connectivity index (χ0v) is 42.5. The molecule has 2 N–H and O–H groups in total. The molecule has 2 fully saturated rings. The van der Waals surface area contributed by atoms with Crippen LogP contribution in [0.15, 0.2) is 97.1 Å². The lowest BCUT2D eigenvalue weighted by Gasteiger charge is -2.47. The van der Waals surface area contributed by atoms with Crippen LogP contribution in [0.1, 0.15) is 206 Å². The van der Waals surface area contributed by atoms with Gasteiger partial charge in [-0.1, -0.05) is 118 Å². The minimum atomic E-state index is -0.227. The van der Waals surface area contributed by atoms with Crippen LogP contribution in [0.25, 0.3) is 0 Å². The summed E-state index contributed by atoms with van der Waals surface area (Å²) < 4.78 is 25.0. The number of hydrogen-bond donors (Lipinski definition) is 2. The third-order valence-electron chi connectivity index (χ3n) is 15.1. The van der Waals surface area contributed by atoms with E-state index in [-0.39, 0.29) is 12.6 Å². The lowest BCUT2D eigenvalue weighted by molar-refractivity contribution is -0.132. The van der Waals surface area contributed by atoms with Crippen molar-refractivity contribution >= 4 is 0 Å². The predicted octanol–water partition coefficient (Wildman–Crippen LogP) is 16.9. The van der Waals surface area contributed by atoms with Crippen LogP contribution in [0, 0.1) is 17.3 Å². The molecule has 2 aliphatic carbocycles. The summed E-state index contributed by atoms with van der Waals surface area (Å²) in [5.41, 5.74) is 5.67. The number of phenolic OH excluding ortho intramolecular Hbond substituents is 2. The first kappa shape index (κ1) is 53.6. The summed E-state index contributed by atoms with van der Waals surface area (Å²) in [5, 5.41) is 18.0. The second-order valence-corrected chi connectivity index (χ2v) is 20.0. The minimum Gasteiger partial charge on any atom is -0.508 e. The summed E-state index contributed by atoms with van der Waals surface area (Å²) in [7, 11) is 0. The fourth-order valence-corrected chi connectivity index (χ4v) is 9.50. The highest BCUT2D eigenvalue weighted by Gasteiger charge is 2.41. The van der Waals surface area contributed by atoms with Crippen molar-refractivity contribution in [3.63, 3.8) is 0 Å². The molecule has 0 aromatic heterocycles. The molecule has 2 aliphatic rings. The first-order valence-electron chi connectivity index (χ1n) is 25.5. The molecular formula is C59H88O6. The number of rotatable bonds is 18. The van der Waals surface area contributed by atoms with Crippen LogP contribution < -0.4 is 9.47 Å². The summed E-state index contributed by atoms with van der Waals surface area (Å²) >= 11 is 0. The molecule has 6 heteroatoms. The molecule has 4 aromatic rings. The zero-order valence-electron chi connectivity index (χ0n) is 42.5. The second kappa shape index (κ2) is 27.0. The van der Waals surface area contributed by atoms with E-state index in [0.717, 1.165) is 74.7 Å². The lowest BCUT2D eigenvalue weighted by atomic mass is 9.60. The molecule has 0 amide bonds. The van der Waals surface area contributed by atoms with Gasteiger partial charge >= 0.3 is 0 Å². The molecule has 360 valence electrons. The van der Waals surface area contributed by atoms with Crippen LogP contribution in [0.2, 0.25) is 0 Å². The van der Waals surface area contributed by atoms with E-state index in [1.54, 1.807) is 24.3 Å². The highest BCUT2D eigenvalue weighted by molar-refractivity contribution is 5.31. The van der Waals surface area contributed by atoms with Gasteiger partial charge in [0.05, 0.1) is 12.2 Å². The maximum atomic E-state index is 9.01. The van der Waals surface area contributed by atoms with Gasteiger partial charge in [0.1, 0.15) is 23.0 Å². The quantitative estimate of drug-likeness (QED) is 0.0969. The van der Waals surface area contributed by atoms with Crippen molar-refractivity contribution in [2.75, 3.05) is 0 Å². The molecule has 6 nitrogen and oxygen atoms in total. The van der Waals surface area contributed by atoms with E-state index in [4.69, 9.17) is 29.2 Å². The summed E-state index contributed by atoms with van der Waals surface area (Å²) in [4.78, 5) is 0. The molecule has 6 unspecified atom stereocenters. The van der Waals surface area contributed by atoms with Crippen molar-refractivity contribution in [1.29, 1.82) is 0 Å². The SMILES string of the molecule is CCC(C)c1ccc(O)cc1.CCC(C)c1ccc(O)cc1.CCC(C)c1ccc(OC(C)OC2CCC(C(C)(C)C3CCC(OC(C)Oc4ccc(C(C)CC)cc4)CC3)CC2)cc1. The van der Waals surface area contributed by atoms with E-state index in [9.17, 15) is 0 Å². The monoisotopic (exact) mass is 893 g/mol. The molecule has 0 radical (unpaired) electrons. The number of benzene rings is 4. The van der Waals surface area contributed by atoms with E-state index in [1.807, 2.05) is 38.1 Å². The standard InChI is InChI=1S/C39H60O4.2C10H14O/c1-9-27(3)31-11-19-35(20-12-31)40-29(5)42-37-23-15-33(16-24-37)39(7,8)34-17-25-38(26-18-34)43-30(6)41-36-21-13-32(14-22-36)28(4)10-2;2*1-3-8(2)9-4-6-10(11)7-5-9/h11-14,19-22,27-30,33-34,37-38H,9-10,15-18,23-26H2,1-8H3;2*4-8,11H,3H2,1-2H3. The van der Waals surface area contributed by atoms with Crippen LogP contribution in [0.3, 0.4) is 0 Å². The second-order valence-electron chi connectivity index (χ2n) is 20.0. The van der Waals surface area contributed by atoms with Crippen molar-refractivity contribution in [2.45, 2.75) is 209 Å². The van der Waals surface area contributed by atoms with E-state index in [1.165, 1.54) is 47.9 Å². The first-order chi connectivity index (χ1) is 31.1. The fourth-order valence-electron chi connectivity index (χ4n) is 9.50. The lowest BCUT2D eigenvalue weighted by Crippen LogP contribution is -2.40. The molecule has 4 aromatic carbocycles. The van der Waals surface area contributed by atoms with Crippen molar-refractivity contribution in [1.82, 2.24) is 0 Å². The third-order valence-corrected chi connectivity index (χ3v) is 15.1. The molecule has 0 bridgehead atoms. The first-order valence-corrected chi connectivity index (χ1v) is 25.5. The van der Waals surface area contributed by atoms with E-state index in [2.05, 4.69) is 118 Å². The Morgan fingerprint density at radius 1 is 0.415 bits per heavy atom.